The van der Waals surface area contributed by atoms with Crippen LogP contribution in [0.5, 0.6) is 0 Å². The lowest BCUT2D eigenvalue weighted by Crippen LogP contribution is -2.40. The second-order valence-electron chi connectivity index (χ2n) is 6.27. The summed E-state index contributed by atoms with van der Waals surface area (Å²) in [7, 11) is 0. The molecule has 1 amide bonds. The molecule has 1 aromatic heterocycles. The van der Waals surface area contributed by atoms with Gasteiger partial charge in [0, 0.05) is 6.04 Å². The largest absolute Gasteiger partial charge is 0.352 e. The van der Waals surface area contributed by atoms with Crippen LogP contribution in [0.4, 0.5) is 0 Å². The Bertz CT molecular complexity index is 664. The van der Waals surface area contributed by atoms with E-state index in [0.717, 1.165) is 30.4 Å². The van der Waals surface area contributed by atoms with Crippen molar-refractivity contribution in [3.63, 3.8) is 0 Å². The molecule has 6 heteroatoms. The van der Waals surface area contributed by atoms with E-state index in [9.17, 15) is 9.59 Å². The van der Waals surface area contributed by atoms with E-state index in [1.807, 2.05) is 6.07 Å². The van der Waals surface area contributed by atoms with Gasteiger partial charge in [0.25, 0.3) is 5.56 Å². The Hall–Kier alpha value is -2.16. The minimum atomic E-state index is -0.497. The highest BCUT2D eigenvalue weighted by Crippen LogP contribution is 2.17. The smallest absolute Gasteiger partial charge is 0.285 e. The fraction of sp³-hybridized carbons (Fsp3) is 0.647. The van der Waals surface area contributed by atoms with Crippen molar-refractivity contribution in [2.24, 2.45) is 0 Å². The van der Waals surface area contributed by atoms with Gasteiger partial charge < -0.3 is 5.32 Å². The van der Waals surface area contributed by atoms with Gasteiger partial charge in [0.1, 0.15) is 18.2 Å². The van der Waals surface area contributed by atoms with Gasteiger partial charge in [0.15, 0.2) is 0 Å². The quantitative estimate of drug-likeness (QED) is 0.923. The third-order valence-electron chi connectivity index (χ3n) is 4.51. The second kappa shape index (κ2) is 7.91. The lowest BCUT2D eigenvalue weighted by Gasteiger charge is -2.21. The van der Waals surface area contributed by atoms with E-state index in [0.29, 0.717) is 11.3 Å². The molecule has 124 valence electrons. The molecule has 23 heavy (non-hydrogen) atoms. The third-order valence-corrected chi connectivity index (χ3v) is 4.51. The molecule has 0 aromatic carbocycles. The Morgan fingerprint density at radius 3 is 2.48 bits per heavy atom. The van der Waals surface area contributed by atoms with Crippen LogP contribution in [0.3, 0.4) is 0 Å². The molecule has 1 aliphatic rings. The zero-order valence-electron chi connectivity index (χ0n) is 13.9. The van der Waals surface area contributed by atoms with Crippen LogP contribution in [0.25, 0.3) is 0 Å². The molecule has 1 aliphatic carbocycles. The fourth-order valence-corrected chi connectivity index (χ4v) is 3.02. The van der Waals surface area contributed by atoms with Crippen LogP contribution in [0.15, 0.2) is 4.79 Å². The van der Waals surface area contributed by atoms with Crippen molar-refractivity contribution in [2.75, 3.05) is 0 Å². The first-order valence-electron chi connectivity index (χ1n) is 8.30. The molecule has 1 fully saturated rings. The number of hydrogen-bond acceptors (Lipinski definition) is 4. The van der Waals surface area contributed by atoms with Gasteiger partial charge in [-0.25, -0.2) is 4.68 Å². The molecule has 2 rings (SSSR count). The van der Waals surface area contributed by atoms with Gasteiger partial charge in [-0.05, 0) is 32.3 Å². The van der Waals surface area contributed by atoms with Gasteiger partial charge in [0.2, 0.25) is 5.91 Å². The molecular formula is C17H24N4O2. The third kappa shape index (κ3) is 4.41. The molecule has 0 bridgehead atoms. The molecule has 0 radical (unpaired) electrons. The first-order valence-corrected chi connectivity index (χ1v) is 8.30. The van der Waals surface area contributed by atoms with Crippen LogP contribution >= 0.6 is 0 Å². The number of carbonyl (C=O) groups is 1. The van der Waals surface area contributed by atoms with Crippen LogP contribution in [0.2, 0.25) is 0 Å². The molecular weight excluding hydrogens is 292 g/mol. The molecule has 0 spiro atoms. The van der Waals surface area contributed by atoms with Crippen molar-refractivity contribution in [2.45, 2.75) is 71.4 Å². The fourth-order valence-electron chi connectivity index (χ4n) is 3.02. The summed E-state index contributed by atoms with van der Waals surface area (Å²) in [5, 5.41) is 16.3. The van der Waals surface area contributed by atoms with Gasteiger partial charge in [-0.2, -0.15) is 10.4 Å². The SMILES string of the molecule is Cc1nn(CC(=O)NC2CCCCCCC2)c(=O)c(C#N)c1C. The van der Waals surface area contributed by atoms with Crippen molar-refractivity contribution >= 4 is 5.91 Å². The van der Waals surface area contributed by atoms with Crippen molar-refractivity contribution in [3.05, 3.63) is 27.2 Å². The summed E-state index contributed by atoms with van der Waals surface area (Å²) in [6.07, 6.45) is 7.96. The first-order chi connectivity index (χ1) is 11.0. The van der Waals surface area contributed by atoms with E-state index < -0.39 is 5.56 Å². The van der Waals surface area contributed by atoms with Gasteiger partial charge in [-0.3, -0.25) is 9.59 Å². The summed E-state index contributed by atoms with van der Waals surface area (Å²) in [6.45, 7) is 3.30. The van der Waals surface area contributed by atoms with Crippen molar-refractivity contribution in [3.8, 4) is 6.07 Å². The van der Waals surface area contributed by atoms with Crippen molar-refractivity contribution in [1.29, 1.82) is 5.26 Å². The van der Waals surface area contributed by atoms with Crippen LogP contribution in [0, 0.1) is 25.2 Å². The predicted octanol–water partition coefficient (Wildman–Crippen LogP) is 1.96. The summed E-state index contributed by atoms with van der Waals surface area (Å²) in [6, 6.07) is 2.09. The summed E-state index contributed by atoms with van der Waals surface area (Å²) in [4.78, 5) is 24.4. The Labute approximate surface area is 136 Å². The average molecular weight is 316 g/mol. The summed E-state index contributed by atoms with van der Waals surface area (Å²) < 4.78 is 1.10. The Balaban J connectivity index is 2.07. The number of aryl methyl sites for hydroxylation is 1. The lowest BCUT2D eigenvalue weighted by molar-refractivity contribution is -0.122. The lowest BCUT2D eigenvalue weighted by atomic mass is 9.97. The predicted molar refractivity (Wildman–Crippen MR) is 86.9 cm³/mol. The Morgan fingerprint density at radius 2 is 1.87 bits per heavy atom. The second-order valence-corrected chi connectivity index (χ2v) is 6.27. The van der Waals surface area contributed by atoms with Crippen LogP contribution in [-0.2, 0) is 11.3 Å². The number of rotatable bonds is 3. The average Bonchev–Trinajstić information content (AvgIpc) is 2.48. The molecule has 1 aromatic rings. The maximum absolute atomic E-state index is 12.2. The van der Waals surface area contributed by atoms with Crippen molar-refractivity contribution < 1.29 is 4.79 Å². The van der Waals surface area contributed by atoms with E-state index in [4.69, 9.17) is 5.26 Å². The molecule has 1 saturated carbocycles. The van der Waals surface area contributed by atoms with Gasteiger partial charge in [-0.1, -0.05) is 32.1 Å². The molecule has 0 saturated heterocycles. The van der Waals surface area contributed by atoms with Gasteiger partial charge >= 0.3 is 0 Å². The molecule has 6 nitrogen and oxygen atoms in total. The Morgan fingerprint density at radius 1 is 1.26 bits per heavy atom. The normalized spacial score (nSPS) is 16.2. The summed E-state index contributed by atoms with van der Waals surface area (Å²) in [5.41, 5.74) is 0.744. The molecule has 0 aliphatic heterocycles. The summed E-state index contributed by atoms with van der Waals surface area (Å²) in [5.74, 6) is -0.211. The molecule has 0 atom stereocenters. The zero-order valence-corrected chi connectivity index (χ0v) is 13.9. The number of nitrogens with zero attached hydrogens (tertiary/aromatic N) is 3. The van der Waals surface area contributed by atoms with Gasteiger partial charge in [0.05, 0.1) is 5.69 Å². The zero-order chi connectivity index (χ0) is 16.8. The maximum Gasteiger partial charge on any atom is 0.285 e. The molecule has 1 heterocycles. The van der Waals surface area contributed by atoms with Crippen LogP contribution < -0.4 is 10.9 Å². The number of amides is 1. The van der Waals surface area contributed by atoms with E-state index in [2.05, 4.69) is 10.4 Å². The number of hydrogen-bond donors (Lipinski definition) is 1. The van der Waals surface area contributed by atoms with E-state index >= 15 is 0 Å². The number of aromatic nitrogens is 2. The number of carbonyl (C=O) groups excluding carboxylic acids is 1. The molecule has 1 N–H and O–H groups in total. The highest BCUT2D eigenvalue weighted by Gasteiger charge is 2.17. The topological polar surface area (TPSA) is 87.8 Å². The minimum Gasteiger partial charge on any atom is -0.352 e. The first kappa shape index (κ1) is 17.2. The van der Waals surface area contributed by atoms with E-state index in [1.165, 1.54) is 19.3 Å². The van der Waals surface area contributed by atoms with E-state index in [1.54, 1.807) is 13.8 Å². The van der Waals surface area contributed by atoms with E-state index in [-0.39, 0.29) is 24.1 Å². The highest BCUT2D eigenvalue weighted by atomic mass is 16.2. The standard InChI is InChI=1S/C17H24N4O2/c1-12-13(2)20-21(17(23)15(12)10-18)11-16(22)19-14-8-6-4-3-5-7-9-14/h14H,3-9,11H2,1-2H3,(H,19,22). The van der Waals surface area contributed by atoms with Crippen LogP contribution in [-0.4, -0.2) is 21.7 Å². The van der Waals surface area contributed by atoms with Crippen molar-refractivity contribution in [1.82, 2.24) is 15.1 Å². The Kier molecular flexibility index (Phi) is 5.91. The highest BCUT2D eigenvalue weighted by molar-refractivity contribution is 5.76. The summed E-state index contributed by atoms with van der Waals surface area (Å²) >= 11 is 0. The maximum atomic E-state index is 12.2. The van der Waals surface area contributed by atoms with Crippen LogP contribution in [0.1, 0.15) is 61.8 Å². The minimum absolute atomic E-state index is 0.0660. The van der Waals surface area contributed by atoms with Gasteiger partial charge in [-0.15, -0.1) is 0 Å². The number of nitriles is 1. The monoisotopic (exact) mass is 316 g/mol. The molecule has 0 unspecified atom stereocenters. The number of nitrogens with one attached hydrogen (secondary N) is 1.